The molecule has 104 valence electrons. The van der Waals surface area contributed by atoms with Crippen molar-refractivity contribution in [3.8, 4) is 0 Å². The van der Waals surface area contributed by atoms with E-state index in [1.165, 1.54) is 0 Å². The van der Waals surface area contributed by atoms with E-state index in [9.17, 15) is 14.4 Å². The van der Waals surface area contributed by atoms with E-state index >= 15 is 0 Å². The molecule has 2 rings (SSSR count). The van der Waals surface area contributed by atoms with Crippen LogP contribution in [0.5, 0.6) is 0 Å². The maximum atomic E-state index is 12.0. The number of carbonyl (C=O) groups excluding carboxylic acids is 2. The summed E-state index contributed by atoms with van der Waals surface area (Å²) in [6, 6.07) is 6.65. The summed E-state index contributed by atoms with van der Waals surface area (Å²) in [4.78, 5) is 34.6. The van der Waals surface area contributed by atoms with Crippen LogP contribution < -0.4 is 10.9 Å². The van der Waals surface area contributed by atoms with Gasteiger partial charge in [-0.15, -0.1) is 5.10 Å². The zero-order chi connectivity index (χ0) is 14.5. The number of rotatable bonds is 3. The van der Waals surface area contributed by atoms with E-state index < -0.39 is 24.1 Å². The number of amides is 2. The van der Waals surface area contributed by atoms with Gasteiger partial charge in [-0.05, 0) is 19.1 Å². The highest BCUT2D eigenvalue weighted by Crippen LogP contribution is 2.02. The molecule has 20 heavy (non-hydrogen) atoms. The van der Waals surface area contributed by atoms with Crippen LogP contribution in [0.2, 0.25) is 0 Å². The Morgan fingerprint density at radius 3 is 2.85 bits per heavy atom. The SMILES string of the molecule is CCOC(=O)NC(=O)Cn1nnc2ccccc2c1=O. The van der Waals surface area contributed by atoms with Crippen molar-refractivity contribution < 1.29 is 14.3 Å². The molecule has 0 saturated heterocycles. The molecule has 0 fully saturated rings. The number of hydrogen-bond acceptors (Lipinski definition) is 6. The van der Waals surface area contributed by atoms with Crippen molar-refractivity contribution in [3.05, 3.63) is 34.6 Å². The van der Waals surface area contributed by atoms with Crippen LogP contribution in [0.4, 0.5) is 4.79 Å². The molecule has 0 radical (unpaired) electrons. The number of ether oxygens (including phenoxy) is 1. The largest absolute Gasteiger partial charge is 0.450 e. The molecular weight excluding hydrogens is 264 g/mol. The molecule has 1 aromatic heterocycles. The van der Waals surface area contributed by atoms with Gasteiger partial charge in [-0.2, -0.15) is 0 Å². The second-order valence-electron chi connectivity index (χ2n) is 3.84. The van der Waals surface area contributed by atoms with Crippen molar-refractivity contribution in [2.75, 3.05) is 6.61 Å². The summed E-state index contributed by atoms with van der Waals surface area (Å²) in [5, 5.41) is 9.80. The van der Waals surface area contributed by atoms with Crippen LogP contribution in [0.1, 0.15) is 6.92 Å². The summed E-state index contributed by atoms with van der Waals surface area (Å²) in [6.45, 7) is 1.35. The van der Waals surface area contributed by atoms with Crippen molar-refractivity contribution >= 4 is 22.9 Å². The normalized spacial score (nSPS) is 10.2. The van der Waals surface area contributed by atoms with Gasteiger partial charge >= 0.3 is 6.09 Å². The number of benzene rings is 1. The highest BCUT2D eigenvalue weighted by molar-refractivity contribution is 5.91. The predicted molar refractivity (Wildman–Crippen MR) is 69.0 cm³/mol. The first kappa shape index (κ1) is 13.7. The summed E-state index contributed by atoms with van der Waals surface area (Å²) in [6.07, 6.45) is -0.862. The van der Waals surface area contributed by atoms with Gasteiger partial charge in [0.2, 0.25) is 0 Å². The third-order valence-corrected chi connectivity index (χ3v) is 2.44. The minimum absolute atomic E-state index is 0.148. The quantitative estimate of drug-likeness (QED) is 0.850. The first-order chi connectivity index (χ1) is 9.61. The minimum Gasteiger partial charge on any atom is -0.450 e. The van der Waals surface area contributed by atoms with Gasteiger partial charge in [0.1, 0.15) is 12.1 Å². The Morgan fingerprint density at radius 1 is 1.35 bits per heavy atom. The molecule has 0 aliphatic carbocycles. The van der Waals surface area contributed by atoms with Crippen LogP contribution in [0, 0.1) is 0 Å². The molecule has 2 amide bonds. The monoisotopic (exact) mass is 276 g/mol. The topological polar surface area (TPSA) is 103 Å². The molecule has 2 aromatic rings. The maximum absolute atomic E-state index is 12.0. The fourth-order valence-electron chi connectivity index (χ4n) is 1.58. The van der Waals surface area contributed by atoms with Gasteiger partial charge < -0.3 is 4.74 Å². The second-order valence-corrected chi connectivity index (χ2v) is 3.84. The van der Waals surface area contributed by atoms with Gasteiger partial charge in [-0.3, -0.25) is 14.9 Å². The highest BCUT2D eigenvalue weighted by atomic mass is 16.5. The first-order valence-corrected chi connectivity index (χ1v) is 5.91. The number of imide groups is 1. The van der Waals surface area contributed by atoms with E-state index in [4.69, 9.17) is 0 Å². The van der Waals surface area contributed by atoms with Gasteiger partial charge in [-0.1, -0.05) is 17.3 Å². The maximum Gasteiger partial charge on any atom is 0.413 e. The molecule has 0 unspecified atom stereocenters. The Kier molecular flexibility index (Phi) is 4.04. The molecule has 1 aromatic carbocycles. The summed E-state index contributed by atoms with van der Waals surface area (Å²) < 4.78 is 5.44. The standard InChI is InChI=1S/C12H12N4O4/c1-2-20-12(19)13-10(17)7-16-11(18)8-5-3-4-6-9(8)14-15-16/h3-6H,2,7H2,1H3,(H,13,17,19). The van der Waals surface area contributed by atoms with Gasteiger partial charge in [0.15, 0.2) is 0 Å². The van der Waals surface area contributed by atoms with Crippen LogP contribution in [-0.2, 0) is 16.1 Å². The summed E-state index contributed by atoms with van der Waals surface area (Å²) >= 11 is 0. The van der Waals surface area contributed by atoms with Gasteiger partial charge in [0.25, 0.3) is 11.5 Å². The van der Waals surface area contributed by atoms with Crippen LogP contribution >= 0.6 is 0 Å². The Morgan fingerprint density at radius 2 is 2.10 bits per heavy atom. The van der Waals surface area contributed by atoms with E-state index in [-0.39, 0.29) is 6.61 Å². The fourth-order valence-corrected chi connectivity index (χ4v) is 1.58. The zero-order valence-electron chi connectivity index (χ0n) is 10.7. The Hall–Kier alpha value is -2.77. The summed E-state index contributed by atoms with van der Waals surface area (Å²) in [5.74, 6) is -0.699. The second kappa shape index (κ2) is 5.91. The smallest absolute Gasteiger partial charge is 0.413 e. The summed E-state index contributed by atoms with van der Waals surface area (Å²) in [7, 11) is 0. The van der Waals surface area contributed by atoms with E-state index in [1.54, 1.807) is 31.2 Å². The molecule has 0 aliphatic heterocycles. The van der Waals surface area contributed by atoms with Crippen LogP contribution in [0.15, 0.2) is 29.1 Å². The van der Waals surface area contributed by atoms with Crippen molar-refractivity contribution in [2.24, 2.45) is 0 Å². The van der Waals surface area contributed by atoms with Crippen molar-refractivity contribution in [3.63, 3.8) is 0 Å². The third kappa shape index (κ3) is 2.97. The van der Waals surface area contributed by atoms with Crippen LogP contribution in [-0.4, -0.2) is 33.6 Å². The minimum atomic E-state index is -0.862. The number of nitrogens with zero attached hydrogens (tertiary/aromatic N) is 3. The number of carbonyl (C=O) groups is 2. The Bertz CT molecular complexity index is 710. The van der Waals surface area contributed by atoms with Crippen molar-refractivity contribution in [1.82, 2.24) is 20.3 Å². The van der Waals surface area contributed by atoms with E-state index in [1.807, 2.05) is 5.32 Å². The highest BCUT2D eigenvalue weighted by Gasteiger charge is 2.12. The number of nitrogens with one attached hydrogen (secondary N) is 1. The lowest BCUT2D eigenvalue weighted by Gasteiger charge is -2.05. The molecule has 0 bridgehead atoms. The molecule has 8 heteroatoms. The molecular formula is C12H12N4O4. The lowest BCUT2D eigenvalue weighted by molar-refractivity contribution is -0.121. The van der Waals surface area contributed by atoms with Gasteiger partial charge in [0, 0.05) is 0 Å². The van der Waals surface area contributed by atoms with Crippen LogP contribution in [0.25, 0.3) is 10.9 Å². The average molecular weight is 276 g/mol. The van der Waals surface area contributed by atoms with Gasteiger partial charge in [0.05, 0.1) is 12.0 Å². The molecule has 0 atom stereocenters. The van der Waals surface area contributed by atoms with E-state index in [0.29, 0.717) is 10.9 Å². The van der Waals surface area contributed by atoms with E-state index in [2.05, 4.69) is 15.0 Å². The number of aromatic nitrogens is 3. The number of hydrogen-bond donors (Lipinski definition) is 1. The predicted octanol–water partition coefficient (Wildman–Crippen LogP) is 0.0642. The van der Waals surface area contributed by atoms with E-state index in [0.717, 1.165) is 4.68 Å². The fraction of sp³-hybridized carbons (Fsp3) is 0.250. The van der Waals surface area contributed by atoms with Crippen LogP contribution in [0.3, 0.4) is 0 Å². The lowest BCUT2D eigenvalue weighted by atomic mass is 10.2. The average Bonchev–Trinajstić information content (AvgIpc) is 2.42. The van der Waals surface area contributed by atoms with Crippen molar-refractivity contribution in [2.45, 2.75) is 13.5 Å². The summed E-state index contributed by atoms with van der Waals surface area (Å²) in [5.41, 5.74) is -0.00541. The van der Waals surface area contributed by atoms with Crippen molar-refractivity contribution in [1.29, 1.82) is 0 Å². The number of fused-ring (bicyclic) bond motifs is 1. The first-order valence-electron chi connectivity index (χ1n) is 5.91. The number of alkyl carbamates (subject to hydrolysis) is 1. The molecule has 0 spiro atoms. The molecule has 1 heterocycles. The third-order valence-electron chi connectivity index (χ3n) is 2.44. The van der Waals surface area contributed by atoms with Gasteiger partial charge in [-0.25, -0.2) is 9.48 Å². The Labute approximate surface area is 113 Å². The Balaban J connectivity index is 2.18. The zero-order valence-corrected chi connectivity index (χ0v) is 10.7. The lowest BCUT2D eigenvalue weighted by Crippen LogP contribution is -2.37. The molecule has 1 N–H and O–H groups in total. The molecule has 0 aliphatic rings. The molecule has 8 nitrogen and oxygen atoms in total. The molecule has 0 saturated carbocycles.